The van der Waals surface area contributed by atoms with Crippen LogP contribution in [0.2, 0.25) is 5.02 Å². The Hall–Kier alpha value is -1.89. The van der Waals surface area contributed by atoms with E-state index in [0.717, 1.165) is 12.8 Å². The number of halogens is 1. The lowest BCUT2D eigenvalue weighted by Crippen LogP contribution is -2.48. The van der Waals surface area contributed by atoms with E-state index < -0.39 is 20.0 Å². The lowest BCUT2D eigenvalue weighted by atomic mass is 10.2. The van der Waals surface area contributed by atoms with E-state index in [9.17, 15) is 16.8 Å². The molecule has 2 saturated heterocycles. The average molecular weight is 530 g/mol. The molecule has 0 bridgehead atoms. The van der Waals surface area contributed by atoms with Crippen molar-refractivity contribution in [1.82, 2.24) is 9.03 Å². The maximum atomic E-state index is 13.0. The fourth-order valence-corrected chi connectivity index (χ4v) is 7.14. The summed E-state index contributed by atoms with van der Waals surface area (Å²) in [7, 11) is -5.96. The minimum absolute atomic E-state index is 0.0769. The molecule has 1 N–H and O–H groups in total. The third-order valence-corrected chi connectivity index (χ3v) is 9.84. The fourth-order valence-electron chi connectivity index (χ4n) is 4.14. The van der Waals surface area contributed by atoms with Crippen LogP contribution in [0, 0.1) is 0 Å². The molecule has 2 aromatic rings. The highest BCUT2D eigenvalue weighted by atomic mass is 35.5. The number of nitrogens with one attached hydrogen (secondary N) is 1. The summed E-state index contributed by atoms with van der Waals surface area (Å²) >= 11 is 6.12. The van der Waals surface area contributed by atoms with Gasteiger partial charge in [0.15, 0.2) is 0 Å². The number of piperazine rings is 1. The van der Waals surface area contributed by atoms with Crippen LogP contribution in [0.15, 0.2) is 52.3 Å². The van der Waals surface area contributed by atoms with Gasteiger partial charge < -0.3 is 14.4 Å². The van der Waals surface area contributed by atoms with Gasteiger partial charge in [-0.25, -0.2) is 21.6 Å². The van der Waals surface area contributed by atoms with E-state index >= 15 is 0 Å². The van der Waals surface area contributed by atoms with Gasteiger partial charge in [0.1, 0.15) is 10.6 Å². The number of sulfonamides is 2. The lowest BCUT2D eigenvalue weighted by molar-refractivity contribution is 0.114. The Morgan fingerprint density at radius 1 is 1.09 bits per heavy atom. The van der Waals surface area contributed by atoms with Gasteiger partial charge in [0.05, 0.1) is 28.8 Å². The van der Waals surface area contributed by atoms with E-state index in [2.05, 4.69) is 4.72 Å². The van der Waals surface area contributed by atoms with Crippen molar-refractivity contribution < 1.29 is 26.3 Å². The quantitative estimate of drug-likeness (QED) is 0.559. The molecule has 12 heteroatoms. The smallest absolute Gasteiger partial charge is 0.244 e. The van der Waals surface area contributed by atoms with Gasteiger partial charge in [0.25, 0.3) is 0 Å². The summed E-state index contributed by atoms with van der Waals surface area (Å²) in [5.74, 6) is 0.514. The molecule has 186 valence electrons. The maximum absolute atomic E-state index is 13.0. The second-order valence-electron chi connectivity index (χ2n) is 8.14. The summed E-state index contributed by atoms with van der Waals surface area (Å²) in [5.41, 5.74) is 0.595. The van der Waals surface area contributed by atoms with Crippen LogP contribution in [0.5, 0.6) is 5.75 Å². The highest BCUT2D eigenvalue weighted by Crippen LogP contribution is 2.33. The molecule has 2 aromatic carbocycles. The zero-order valence-electron chi connectivity index (χ0n) is 18.8. The normalized spacial score (nSPS) is 19.9. The first-order valence-corrected chi connectivity index (χ1v) is 14.3. The van der Waals surface area contributed by atoms with E-state index in [4.69, 9.17) is 21.1 Å². The molecular formula is C22H28ClN3O6S2. The molecule has 0 radical (unpaired) electrons. The van der Waals surface area contributed by atoms with E-state index in [1.54, 1.807) is 30.3 Å². The average Bonchev–Trinajstić information content (AvgIpc) is 3.36. The summed E-state index contributed by atoms with van der Waals surface area (Å²) < 4.78 is 66.8. The molecular weight excluding hydrogens is 502 g/mol. The minimum Gasteiger partial charge on any atom is -0.495 e. The third kappa shape index (κ3) is 5.34. The lowest BCUT2D eigenvalue weighted by Gasteiger charge is -2.36. The first-order chi connectivity index (χ1) is 16.2. The Balaban J connectivity index is 1.49. The number of methoxy groups -OCH3 is 1. The van der Waals surface area contributed by atoms with Crippen LogP contribution < -0.4 is 14.4 Å². The number of benzene rings is 2. The van der Waals surface area contributed by atoms with Gasteiger partial charge in [0.2, 0.25) is 20.0 Å². The van der Waals surface area contributed by atoms with Crippen molar-refractivity contribution in [2.75, 3.05) is 51.3 Å². The Morgan fingerprint density at radius 3 is 2.47 bits per heavy atom. The van der Waals surface area contributed by atoms with Crippen LogP contribution in [-0.2, 0) is 24.8 Å². The minimum atomic E-state index is -3.74. The highest BCUT2D eigenvalue weighted by Gasteiger charge is 2.31. The Kier molecular flexibility index (Phi) is 7.70. The van der Waals surface area contributed by atoms with Crippen molar-refractivity contribution in [3.8, 4) is 5.75 Å². The number of ether oxygens (including phenoxy) is 2. The SMILES string of the molecule is COc1ccc(S(=O)(=O)NC[C@H]2CCCO2)cc1N1CCN(S(=O)(=O)c2ccccc2Cl)CC1. The van der Waals surface area contributed by atoms with E-state index in [0.29, 0.717) is 31.1 Å². The zero-order chi connectivity index (χ0) is 24.3. The van der Waals surface area contributed by atoms with Crippen molar-refractivity contribution in [2.24, 2.45) is 0 Å². The Labute approximate surface area is 205 Å². The molecule has 2 heterocycles. The molecule has 4 rings (SSSR count). The standard InChI is InChI=1S/C22H28ClN3O6S2/c1-31-21-9-8-18(33(27,28)24-16-17-5-4-14-32-17)15-20(21)25-10-12-26(13-11-25)34(29,30)22-7-3-2-6-19(22)23/h2-3,6-9,15,17,24H,4-5,10-14,16H2,1H3/t17-/m1/s1. The summed E-state index contributed by atoms with van der Waals surface area (Å²) in [6.07, 6.45) is 1.65. The molecule has 9 nitrogen and oxygen atoms in total. The number of hydrogen-bond donors (Lipinski definition) is 1. The number of nitrogens with zero attached hydrogens (tertiary/aromatic N) is 2. The van der Waals surface area contributed by atoms with Crippen LogP contribution in [0.25, 0.3) is 0 Å². The summed E-state index contributed by atoms with van der Waals surface area (Å²) in [6, 6.07) is 11.0. The van der Waals surface area contributed by atoms with E-state index in [-0.39, 0.29) is 40.6 Å². The highest BCUT2D eigenvalue weighted by molar-refractivity contribution is 7.89. The van der Waals surface area contributed by atoms with Gasteiger partial charge in [-0.15, -0.1) is 0 Å². The summed E-state index contributed by atoms with van der Waals surface area (Å²) in [6.45, 7) is 2.06. The van der Waals surface area contributed by atoms with Gasteiger partial charge in [-0.1, -0.05) is 23.7 Å². The monoisotopic (exact) mass is 529 g/mol. The van der Waals surface area contributed by atoms with E-state index in [1.165, 1.54) is 23.5 Å². The molecule has 2 aliphatic heterocycles. The van der Waals surface area contributed by atoms with Crippen molar-refractivity contribution >= 4 is 37.3 Å². The van der Waals surface area contributed by atoms with Crippen molar-refractivity contribution in [3.05, 3.63) is 47.5 Å². The predicted molar refractivity (Wildman–Crippen MR) is 130 cm³/mol. The predicted octanol–water partition coefficient (Wildman–Crippen LogP) is 2.32. The largest absolute Gasteiger partial charge is 0.495 e. The molecule has 1 atom stereocenters. The topological polar surface area (TPSA) is 105 Å². The number of anilines is 1. The van der Waals surface area contributed by atoms with Gasteiger partial charge in [-0.3, -0.25) is 0 Å². The van der Waals surface area contributed by atoms with Gasteiger partial charge in [-0.2, -0.15) is 4.31 Å². The second-order valence-corrected chi connectivity index (χ2v) is 12.2. The molecule has 0 aliphatic carbocycles. The van der Waals surface area contributed by atoms with E-state index in [1.807, 2.05) is 4.90 Å². The molecule has 0 aromatic heterocycles. The first kappa shape index (κ1) is 25.2. The molecule has 2 fully saturated rings. The molecule has 0 saturated carbocycles. The van der Waals surface area contributed by atoms with Crippen molar-refractivity contribution in [1.29, 1.82) is 0 Å². The van der Waals surface area contributed by atoms with Gasteiger partial charge >= 0.3 is 0 Å². The summed E-state index contributed by atoms with van der Waals surface area (Å²) in [4.78, 5) is 2.12. The molecule has 2 aliphatic rings. The first-order valence-electron chi connectivity index (χ1n) is 11.0. The fraction of sp³-hybridized carbons (Fsp3) is 0.455. The van der Waals surface area contributed by atoms with Gasteiger partial charge in [-0.05, 0) is 43.2 Å². The molecule has 0 spiro atoms. The molecule has 34 heavy (non-hydrogen) atoms. The molecule has 0 amide bonds. The Bertz CT molecular complexity index is 1220. The zero-order valence-corrected chi connectivity index (χ0v) is 21.2. The molecule has 0 unspecified atom stereocenters. The third-order valence-electron chi connectivity index (χ3n) is 6.02. The van der Waals surface area contributed by atoms with Crippen molar-refractivity contribution in [2.45, 2.75) is 28.7 Å². The number of hydrogen-bond acceptors (Lipinski definition) is 7. The van der Waals surface area contributed by atoms with Crippen LogP contribution in [0.1, 0.15) is 12.8 Å². The van der Waals surface area contributed by atoms with Gasteiger partial charge in [0, 0.05) is 39.3 Å². The van der Waals surface area contributed by atoms with Crippen LogP contribution in [0.4, 0.5) is 5.69 Å². The van der Waals surface area contributed by atoms with Crippen LogP contribution >= 0.6 is 11.6 Å². The second kappa shape index (κ2) is 10.4. The maximum Gasteiger partial charge on any atom is 0.244 e. The summed E-state index contributed by atoms with van der Waals surface area (Å²) in [5, 5.41) is 0.181. The number of rotatable bonds is 8. The van der Waals surface area contributed by atoms with Crippen molar-refractivity contribution in [3.63, 3.8) is 0 Å². The van der Waals surface area contributed by atoms with Crippen LogP contribution in [0.3, 0.4) is 0 Å². The Morgan fingerprint density at radius 2 is 1.82 bits per heavy atom. The van der Waals surface area contributed by atoms with Crippen LogP contribution in [-0.4, -0.2) is 73.7 Å².